The van der Waals surface area contributed by atoms with Crippen LogP contribution in [-0.2, 0) is 4.74 Å². The summed E-state index contributed by atoms with van der Waals surface area (Å²) in [6.45, 7) is 7.86. The van der Waals surface area contributed by atoms with Crippen molar-refractivity contribution in [3.63, 3.8) is 0 Å². The van der Waals surface area contributed by atoms with Gasteiger partial charge in [-0.25, -0.2) is 0 Å². The van der Waals surface area contributed by atoms with E-state index in [1.54, 1.807) is 7.11 Å². The van der Waals surface area contributed by atoms with E-state index in [9.17, 15) is 0 Å². The van der Waals surface area contributed by atoms with Crippen molar-refractivity contribution in [3.05, 3.63) is 0 Å². The Bertz CT molecular complexity index is 132. The molecule has 12 heavy (non-hydrogen) atoms. The lowest BCUT2D eigenvalue weighted by molar-refractivity contribution is 0.0295. The summed E-state index contributed by atoms with van der Waals surface area (Å²) in [6, 6.07) is 0. The van der Waals surface area contributed by atoms with E-state index in [4.69, 9.17) is 16.2 Å². The average Bonchev–Trinajstić information content (AvgIpc) is 1.78. The van der Waals surface area contributed by atoms with Gasteiger partial charge in [-0.05, 0) is 34.1 Å². The van der Waals surface area contributed by atoms with Crippen LogP contribution in [0.4, 0.5) is 0 Å². The fourth-order valence-corrected chi connectivity index (χ4v) is 1.13. The standard InChI is InChI=1S/C9H22N2O/c1-8(2,10)6-7(12-5)9(3,4)11/h7H,6,10-11H2,1-5H3. The maximum absolute atomic E-state index is 5.92. The molecule has 3 nitrogen and oxygen atoms in total. The molecule has 0 rings (SSSR count). The first-order valence-corrected chi connectivity index (χ1v) is 4.27. The molecule has 4 N–H and O–H groups in total. The van der Waals surface area contributed by atoms with Crippen LogP contribution in [0, 0.1) is 0 Å². The summed E-state index contributed by atoms with van der Waals surface area (Å²) >= 11 is 0. The maximum Gasteiger partial charge on any atom is 0.0762 e. The highest BCUT2D eigenvalue weighted by atomic mass is 16.5. The number of methoxy groups -OCH3 is 1. The quantitative estimate of drug-likeness (QED) is 0.664. The Hall–Kier alpha value is -0.120. The highest BCUT2D eigenvalue weighted by molar-refractivity contribution is 4.89. The van der Waals surface area contributed by atoms with Gasteiger partial charge in [-0.15, -0.1) is 0 Å². The molecule has 0 saturated carbocycles. The SMILES string of the molecule is COC(CC(C)(C)N)C(C)(C)N. The summed E-state index contributed by atoms with van der Waals surface area (Å²) in [5, 5.41) is 0. The molecule has 0 saturated heterocycles. The molecule has 0 heterocycles. The molecular weight excluding hydrogens is 152 g/mol. The molecule has 0 aromatic heterocycles. The first kappa shape index (κ1) is 11.9. The van der Waals surface area contributed by atoms with Gasteiger partial charge >= 0.3 is 0 Å². The third-order valence-corrected chi connectivity index (χ3v) is 1.83. The predicted molar refractivity (Wildman–Crippen MR) is 51.9 cm³/mol. The van der Waals surface area contributed by atoms with Gasteiger partial charge in [0.1, 0.15) is 0 Å². The largest absolute Gasteiger partial charge is 0.379 e. The summed E-state index contributed by atoms with van der Waals surface area (Å²) in [4.78, 5) is 0. The molecule has 0 fully saturated rings. The molecule has 0 aliphatic rings. The molecular formula is C9H22N2O. The lowest BCUT2D eigenvalue weighted by Crippen LogP contribution is -2.51. The van der Waals surface area contributed by atoms with Crippen LogP contribution in [0.5, 0.6) is 0 Å². The normalized spacial score (nSPS) is 16.2. The monoisotopic (exact) mass is 174 g/mol. The first-order valence-electron chi connectivity index (χ1n) is 4.27. The molecule has 1 unspecified atom stereocenters. The van der Waals surface area contributed by atoms with Gasteiger partial charge in [0, 0.05) is 18.2 Å². The van der Waals surface area contributed by atoms with Crippen molar-refractivity contribution in [2.45, 2.75) is 51.3 Å². The topological polar surface area (TPSA) is 61.3 Å². The Morgan fingerprint density at radius 1 is 1.17 bits per heavy atom. The minimum Gasteiger partial charge on any atom is -0.379 e. The fourth-order valence-electron chi connectivity index (χ4n) is 1.13. The van der Waals surface area contributed by atoms with E-state index in [0.29, 0.717) is 0 Å². The molecule has 74 valence electrons. The van der Waals surface area contributed by atoms with Crippen molar-refractivity contribution >= 4 is 0 Å². The summed E-state index contributed by atoms with van der Waals surface area (Å²) in [5.41, 5.74) is 11.2. The second-order valence-electron chi connectivity index (χ2n) is 4.74. The Labute approximate surface area is 75.5 Å². The molecule has 0 spiro atoms. The van der Waals surface area contributed by atoms with Gasteiger partial charge in [-0.2, -0.15) is 0 Å². The average molecular weight is 174 g/mol. The van der Waals surface area contributed by atoms with Crippen molar-refractivity contribution in [2.24, 2.45) is 11.5 Å². The molecule has 0 aromatic carbocycles. The Morgan fingerprint density at radius 2 is 1.58 bits per heavy atom. The van der Waals surface area contributed by atoms with E-state index in [1.165, 1.54) is 0 Å². The van der Waals surface area contributed by atoms with Crippen molar-refractivity contribution in [1.82, 2.24) is 0 Å². The molecule has 0 aliphatic heterocycles. The lowest BCUT2D eigenvalue weighted by atomic mass is 9.88. The Morgan fingerprint density at radius 3 is 1.67 bits per heavy atom. The molecule has 0 amide bonds. The zero-order chi connectivity index (χ0) is 9.99. The van der Waals surface area contributed by atoms with Crippen molar-refractivity contribution in [2.75, 3.05) is 7.11 Å². The van der Waals surface area contributed by atoms with Gasteiger partial charge in [-0.3, -0.25) is 0 Å². The summed E-state index contributed by atoms with van der Waals surface area (Å²) in [7, 11) is 1.67. The third kappa shape index (κ3) is 4.70. The van der Waals surface area contributed by atoms with Crippen LogP contribution in [-0.4, -0.2) is 24.3 Å². The van der Waals surface area contributed by atoms with Gasteiger partial charge in [0.2, 0.25) is 0 Å². The van der Waals surface area contributed by atoms with Crippen molar-refractivity contribution < 1.29 is 4.74 Å². The van der Waals surface area contributed by atoms with Crippen LogP contribution in [0.25, 0.3) is 0 Å². The van der Waals surface area contributed by atoms with E-state index in [1.807, 2.05) is 27.7 Å². The number of hydrogen-bond acceptors (Lipinski definition) is 3. The lowest BCUT2D eigenvalue weighted by Gasteiger charge is -2.34. The molecule has 1 atom stereocenters. The highest BCUT2D eigenvalue weighted by Crippen LogP contribution is 2.18. The number of rotatable bonds is 4. The van der Waals surface area contributed by atoms with Crippen LogP contribution in [0.2, 0.25) is 0 Å². The van der Waals surface area contributed by atoms with E-state index in [-0.39, 0.29) is 17.2 Å². The predicted octanol–water partition coefficient (Wildman–Crippen LogP) is 0.866. The van der Waals surface area contributed by atoms with Crippen LogP contribution in [0.1, 0.15) is 34.1 Å². The molecule has 0 radical (unpaired) electrons. The maximum atomic E-state index is 5.92. The van der Waals surface area contributed by atoms with Gasteiger partial charge in [-0.1, -0.05) is 0 Å². The molecule has 0 aromatic rings. The van der Waals surface area contributed by atoms with Crippen LogP contribution in [0.3, 0.4) is 0 Å². The summed E-state index contributed by atoms with van der Waals surface area (Å²) in [5.74, 6) is 0. The second kappa shape index (κ2) is 3.73. The highest BCUT2D eigenvalue weighted by Gasteiger charge is 2.29. The van der Waals surface area contributed by atoms with E-state index in [2.05, 4.69) is 0 Å². The number of ether oxygens (including phenoxy) is 1. The van der Waals surface area contributed by atoms with Crippen molar-refractivity contribution in [3.8, 4) is 0 Å². The summed E-state index contributed by atoms with van der Waals surface area (Å²) in [6.07, 6.45) is 0.782. The van der Waals surface area contributed by atoms with Gasteiger partial charge < -0.3 is 16.2 Å². The van der Waals surface area contributed by atoms with Gasteiger partial charge in [0.05, 0.1) is 6.10 Å². The third-order valence-electron chi connectivity index (χ3n) is 1.83. The second-order valence-corrected chi connectivity index (χ2v) is 4.74. The molecule has 0 bridgehead atoms. The molecule has 3 heteroatoms. The Balaban J connectivity index is 4.20. The summed E-state index contributed by atoms with van der Waals surface area (Å²) < 4.78 is 5.29. The Kier molecular flexibility index (Phi) is 3.69. The zero-order valence-corrected chi connectivity index (χ0v) is 8.85. The van der Waals surface area contributed by atoms with Crippen LogP contribution in [0.15, 0.2) is 0 Å². The zero-order valence-electron chi connectivity index (χ0n) is 8.85. The van der Waals surface area contributed by atoms with Crippen molar-refractivity contribution in [1.29, 1.82) is 0 Å². The smallest absolute Gasteiger partial charge is 0.0762 e. The number of nitrogens with two attached hydrogens (primary N) is 2. The van der Waals surface area contributed by atoms with E-state index >= 15 is 0 Å². The minimum absolute atomic E-state index is 0.0116. The van der Waals surface area contributed by atoms with Crippen LogP contribution >= 0.6 is 0 Å². The fraction of sp³-hybridized carbons (Fsp3) is 1.00. The van der Waals surface area contributed by atoms with E-state index < -0.39 is 0 Å². The molecule has 0 aliphatic carbocycles. The van der Waals surface area contributed by atoms with E-state index in [0.717, 1.165) is 6.42 Å². The first-order chi connectivity index (χ1) is 5.17. The van der Waals surface area contributed by atoms with Gasteiger partial charge in [0.25, 0.3) is 0 Å². The van der Waals surface area contributed by atoms with Gasteiger partial charge in [0.15, 0.2) is 0 Å². The number of hydrogen-bond donors (Lipinski definition) is 2. The van der Waals surface area contributed by atoms with Crippen LogP contribution < -0.4 is 11.5 Å². The minimum atomic E-state index is -0.328.